The third-order valence-electron chi connectivity index (χ3n) is 1.88. The lowest BCUT2D eigenvalue weighted by molar-refractivity contribution is -0.141. The fraction of sp³-hybridized carbons (Fsp3) is 0.833. The first-order chi connectivity index (χ1) is 5.29. The molecular weight excluding hydrogens is 166 g/mol. The number of rotatable bonds is 0. The molecule has 2 saturated heterocycles. The van der Waals surface area contributed by atoms with E-state index in [4.69, 9.17) is 9.84 Å². The van der Waals surface area contributed by atoms with Gasteiger partial charge in [0, 0.05) is 5.88 Å². The van der Waals surface area contributed by atoms with E-state index in [0.29, 0.717) is 0 Å². The van der Waals surface area contributed by atoms with Crippen molar-refractivity contribution in [2.75, 3.05) is 12.5 Å². The Bertz CT molecular complexity index is 187. The van der Waals surface area contributed by atoms with Crippen LogP contribution in [0.1, 0.15) is 0 Å². The summed E-state index contributed by atoms with van der Waals surface area (Å²) in [5.74, 6) is 0.597. The SMILES string of the molecule is O=C1C(O)COC2SCNC12. The first kappa shape index (κ1) is 7.54. The zero-order chi connectivity index (χ0) is 7.84. The molecule has 2 fully saturated rings. The highest BCUT2D eigenvalue weighted by Gasteiger charge is 2.41. The molecule has 0 saturated carbocycles. The van der Waals surface area contributed by atoms with Crippen LogP contribution in [0.5, 0.6) is 0 Å². The van der Waals surface area contributed by atoms with Crippen LogP contribution in [-0.4, -0.2) is 41.0 Å². The van der Waals surface area contributed by atoms with Gasteiger partial charge in [-0.25, -0.2) is 0 Å². The van der Waals surface area contributed by atoms with Gasteiger partial charge in [-0.15, -0.1) is 11.8 Å². The Morgan fingerprint density at radius 2 is 2.55 bits per heavy atom. The maximum absolute atomic E-state index is 11.2. The lowest BCUT2D eigenvalue weighted by Gasteiger charge is -2.26. The number of carbonyl (C=O) groups excluding carboxylic acids is 1. The molecule has 62 valence electrons. The lowest BCUT2D eigenvalue weighted by Crippen LogP contribution is -2.51. The molecule has 0 bridgehead atoms. The molecule has 0 aromatic rings. The minimum Gasteiger partial charge on any atom is -0.383 e. The van der Waals surface area contributed by atoms with E-state index in [0.717, 1.165) is 5.88 Å². The Labute approximate surface area is 68.3 Å². The standard InChI is InChI=1S/C6H9NO3S/c8-3-1-10-6-4(5(3)9)7-2-11-6/h3-4,6-8H,1-2H2. The molecule has 4 nitrogen and oxygen atoms in total. The second kappa shape index (κ2) is 2.75. The number of Topliss-reactive ketones (excluding diaryl/α,β-unsaturated/α-hetero) is 1. The number of nitrogens with one attached hydrogen (secondary N) is 1. The molecule has 3 unspecified atom stereocenters. The normalized spacial score (nSPS) is 44.1. The van der Waals surface area contributed by atoms with Crippen molar-refractivity contribution in [3.63, 3.8) is 0 Å². The highest BCUT2D eigenvalue weighted by molar-refractivity contribution is 8.00. The Hall–Kier alpha value is -0.100. The van der Waals surface area contributed by atoms with Crippen LogP contribution >= 0.6 is 11.8 Å². The van der Waals surface area contributed by atoms with Gasteiger partial charge in [0.05, 0.1) is 6.61 Å². The van der Waals surface area contributed by atoms with Crippen LogP contribution < -0.4 is 5.32 Å². The van der Waals surface area contributed by atoms with Crippen molar-refractivity contribution in [1.29, 1.82) is 0 Å². The second-order valence-corrected chi connectivity index (χ2v) is 3.70. The van der Waals surface area contributed by atoms with Crippen LogP contribution in [0, 0.1) is 0 Å². The summed E-state index contributed by atoms with van der Waals surface area (Å²) < 4.78 is 5.21. The molecule has 2 rings (SSSR count). The number of carbonyl (C=O) groups is 1. The van der Waals surface area contributed by atoms with Crippen LogP contribution in [-0.2, 0) is 9.53 Å². The van der Waals surface area contributed by atoms with Gasteiger partial charge in [-0.3, -0.25) is 10.1 Å². The summed E-state index contributed by atoms with van der Waals surface area (Å²) in [6.07, 6.45) is -0.928. The van der Waals surface area contributed by atoms with E-state index in [2.05, 4.69) is 5.32 Å². The van der Waals surface area contributed by atoms with Gasteiger partial charge in [0.1, 0.15) is 17.6 Å². The van der Waals surface area contributed by atoms with Crippen molar-refractivity contribution >= 4 is 17.5 Å². The summed E-state index contributed by atoms with van der Waals surface area (Å²) in [5.41, 5.74) is -0.0779. The monoisotopic (exact) mass is 175 g/mol. The van der Waals surface area contributed by atoms with E-state index in [-0.39, 0.29) is 23.9 Å². The van der Waals surface area contributed by atoms with E-state index in [9.17, 15) is 4.79 Å². The summed E-state index contributed by atoms with van der Waals surface area (Å²) in [6, 6.07) is -0.288. The quantitative estimate of drug-likeness (QED) is 0.491. The smallest absolute Gasteiger partial charge is 0.184 e. The van der Waals surface area contributed by atoms with Crippen LogP contribution in [0.3, 0.4) is 0 Å². The molecular formula is C6H9NO3S. The zero-order valence-corrected chi connectivity index (χ0v) is 6.63. The van der Waals surface area contributed by atoms with E-state index in [1.165, 1.54) is 0 Å². The molecule has 0 aromatic carbocycles. The van der Waals surface area contributed by atoms with Crippen molar-refractivity contribution in [2.24, 2.45) is 0 Å². The molecule has 2 aliphatic heterocycles. The maximum Gasteiger partial charge on any atom is 0.184 e. The van der Waals surface area contributed by atoms with Gasteiger partial charge in [-0.1, -0.05) is 0 Å². The van der Waals surface area contributed by atoms with Gasteiger partial charge >= 0.3 is 0 Å². The number of ether oxygens (including phenoxy) is 1. The fourth-order valence-electron chi connectivity index (χ4n) is 1.27. The number of aliphatic hydroxyl groups is 1. The first-order valence-corrected chi connectivity index (χ1v) is 4.52. The summed E-state index contributed by atoms with van der Waals surface area (Å²) >= 11 is 1.57. The average Bonchev–Trinajstić information content (AvgIpc) is 2.45. The van der Waals surface area contributed by atoms with E-state index < -0.39 is 6.10 Å². The Morgan fingerprint density at radius 1 is 1.73 bits per heavy atom. The molecule has 2 heterocycles. The molecule has 11 heavy (non-hydrogen) atoms. The number of hydrogen-bond acceptors (Lipinski definition) is 5. The molecule has 0 amide bonds. The zero-order valence-electron chi connectivity index (χ0n) is 5.82. The fourth-order valence-corrected chi connectivity index (χ4v) is 2.30. The minimum absolute atomic E-state index is 0.0779. The van der Waals surface area contributed by atoms with E-state index in [1.54, 1.807) is 11.8 Å². The molecule has 0 aliphatic carbocycles. The predicted molar refractivity (Wildman–Crippen MR) is 40.1 cm³/mol. The highest BCUT2D eigenvalue weighted by Crippen LogP contribution is 2.26. The summed E-state index contributed by atoms with van der Waals surface area (Å²) in [6.45, 7) is 0.148. The molecule has 2 aliphatic rings. The van der Waals surface area contributed by atoms with E-state index >= 15 is 0 Å². The number of fused-ring (bicyclic) bond motifs is 1. The van der Waals surface area contributed by atoms with Gasteiger partial charge in [0.15, 0.2) is 5.78 Å². The number of hydrogen-bond donors (Lipinski definition) is 2. The summed E-state index contributed by atoms with van der Waals surface area (Å²) in [7, 11) is 0. The van der Waals surface area contributed by atoms with Crippen LogP contribution in [0.4, 0.5) is 0 Å². The van der Waals surface area contributed by atoms with Crippen LogP contribution in [0.15, 0.2) is 0 Å². The van der Waals surface area contributed by atoms with Gasteiger partial charge in [-0.05, 0) is 0 Å². The number of aliphatic hydroxyl groups excluding tert-OH is 1. The molecule has 3 atom stereocenters. The van der Waals surface area contributed by atoms with Gasteiger partial charge in [-0.2, -0.15) is 0 Å². The van der Waals surface area contributed by atoms with Crippen LogP contribution in [0.2, 0.25) is 0 Å². The van der Waals surface area contributed by atoms with Crippen molar-refractivity contribution in [2.45, 2.75) is 17.6 Å². The third-order valence-corrected chi connectivity index (χ3v) is 2.95. The van der Waals surface area contributed by atoms with Gasteiger partial charge < -0.3 is 9.84 Å². The Kier molecular flexibility index (Phi) is 1.88. The van der Waals surface area contributed by atoms with Crippen molar-refractivity contribution in [3.05, 3.63) is 0 Å². The Morgan fingerprint density at radius 3 is 3.36 bits per heavy atom. The number of thioether (sulfide) groups is 1. The minimum atomic E-state index is -0.928. The van der Waals surface area contributed by atoms with Crippen LogP contribution in [0.25, 0.3) is 0 Å². The van der Waals surface area contributed by atoms with Crippen molar-refractivity contribution in [3.8, 4) is 0 Å². The first-order valence-electron chi connectivity index (χ1n) is 3.47. The van der Waals surface area contributed by atoms with Crippen molar-refractivity contribution < 1.29 is 14.6 Å². The predicted octanol–water partition coefficient (Wildman–Crippen LogP) is -1.06. The summed E-state index contributed by atoms with van der Waals surface area (Å²) in [4.78, 5) is 11.2. The second-order valence-electron chi connectivity index (χ2n) is 2.61. The van der Waals surface area contributed by atoms with Gasteiger partial charge in [0.2, 0.25) is 0 Å². The third kappa shape index (κ3) is 1.18. The lowest BCUT2D eigenvalue weighted by atomic mass is 10.1. The number of ketones is 1. The van der Waals surface area contributed by atoms with Gasteiger partial charge in [0.25, 0.3) is 0 Å². The summed E-state index contributed by atoms with van der Waals surface area (Å²) in [5, 5.41) is 12.1. The molecule has 0 aromatic heterocycles. The Balaban J connectivity index is 2.12. The van der Waals surface area contributed by atoms with Crippen molar-refractivity contribution in [1.82, 2.24) is 5.32 Å². The maximum atomic E-state index is 11.2. The average molecular weight is 175 g/mol. The largest absolute Gasteiger partial charge is 0.383 e. The highest BCUT2D eigenvalue weighted by atomic mass is 32.2. The molecule has 5 heteroatoms. The topological polar surface area (TPSA) is 58.6 Å². The van der Waals surface area contributed by atoms with E-state index in [1.807, 2.05) is 0 Å². The molecule has 0 spiro atoms. The molecule has 0 radical (unpaired) electrons. The molecule has 2 N–H and O–H groups in total.